The summed E-state index contributed by atoms with van der Waals surface area (Å²) in [6.45, 7) is 8.83. The minimum atomic E-state index is -0.695. The first kappa shape index (κ1) is 38.5. The molecule has 4 aromatic rings. The van der Waals surface area contributed by atoms with Crippen molar-refractivity contribution in [1.29, 1.82) is 0 Å². The van der Waals surface area contributed by atoms with Crippen LogP contribution in [0.3, 0.4) is 0 Å². The number of fused-ring (bicyclic) bond motifs is 2. The fraction of sp³-hybridized carbons (Fsp3) is 0.452. The van der Waals surface area contributed by atoms with Crippen LogP contribution in [0.2, 0.25) is 0 Å². The number of nitrogens with one attached hydrogen (secondary N) is 3. The van der Waals surface area contributed by atoms with E-state index < -0.39 is 24.3 Å². The lowest BCUT2D eigenvalue weighted by Crippen LogP contribution is -2.53. The van der Waals surface area contributed by atoms with Crippen LogP contribution in [-0.2, 0) is 19.1 Å². The van der Waals surface area contributed by atoms with Crippen molar-refractivity contribution in [2.75, 3.05) is 27.3 Å². The van der Waals surface area contributed by atoms with Gasteiger partial charge in [0.15, 0.2) is 0 Å². The summed E-state index contributed by atoms with van der Waals surface area (Å²) in [4.78, 5) is 72.9. The topological polar surface area (TPSA) is 171 Å². The Hall–Kier alpha value is -5.79. The fourth-order valence-electron chi connectivity index (χ4n) is 8.13. The third kappa shape index (κ3) is 7.69. The zero-order chi connectivity index (χ0) is 39.7. The number of rotatable bonds is 10. The summed E-state index contributed by atoms with van der Waals surface area (Å²) in [7, 11) is 2.59. The zero-order valence-electron chi connectivity index (χ0n) is 32.8. The first-order valence-electron chi connectivity index (χ1n) is 19.4. The number of pyridine rings is 1. The van der Waals surface area contributed by atoms with Gasteiger partial charge in [0, 0.05) is 47.8 Å². The molecule has 14 heteroatoms. The van der Waals surface area contributed by atoms with Crippen LogP contribution in [0.15, 0.2) is 59.9 Å². The first-order chi connectivity index (χ1) is 26.9. The molecule has 2 aromatic heterocycles. The molecule has 0 aliphatic carbocycles. The standard InChI is InChI=1S/C42H50N8O6/c1-23(2)36(47-41(53)55-5)39(51)49-15-7-9-34(49)32-20-29(21-43-32)25-11-12-26-17-28-18-27(13-14-30(28)45-31(26)19-25)33-22-44-38(46-33)35-10-8-16-50(35)40(52)37(24(3)4)48-42(54)56-6/h11-14,17-19,21-24,34-37H,7-10,15-16,20H2,1-6H3,(H,44,46)(H,47,53)(H,48,54)/t34?,35-,36-,37-/m0/s1. The number of alkyl carbamates (subject to hydrolysis) is 2. The van der Waals surface area contributed by atoms with Gasteiger partial charge in [0.25, 0.3) is 0 Å². The number of likely N-dealkylation sites (tertiary alicyclic amines) is 2. The number of amides is 4. The number of hydrogen-bond acceptors (Lipinski definition) is 9. The number of benzene rings is 2. The van der Waals surface area contributed by atoms with E-state index in [0.717, 1.165) is 75.6 Å². The van der Waals surface area contributed by atoms with Crippen molar-refractivity contribution in [2.45, 2.75) is 84.0 Å². The molecular formula is C42H50N8O6. The van der Waals surface area contributed by atoms with Crippen LogP contribution in [0.1, 0.15) is 77.2 Å². The minimum absolute atomic E-state index is 0.0948. The highest BCUT2D eigenvalue weighted by atomic mass is 16.5. The zero-order valence-corrected chi connectivity index (χ0v) is 32.8. The summed E-state index contributed by atoms with van der Waals surface area (Å²) < 4.78 is 9.54. The van der Waals surface area contributed by atoms with Crippen LogP contribution in [0.5, 0.6) is 0 Å². The molecule has 5 heterocycles. The third-order valence-corrected chi connectivity index (χ3v) is 11.2. The molecule has 1 unspecified atom stereocenters. The van der Waals surface area contributed by atoms with Crippen LogP contribution >= 0.6 is 0 Å². The van der Waals surface area contributed by atoms with Crippen LogP contribution in [0, 0.1) is 11.8 Å². The van der Waals surface area contributed by atoms with Crippen molar-refractivity contribution in [3.05, 3.63) is 66.2 Å². The molecule has 14 nitrogen and oxygen atoms in total. The predicted octanol–water partition coefficient (Wildman–Crippen LogP) is 6.38. The lowest BCUT2D eigenvalue weighted by molar-refractivity contribution is -0.135. The van der Waals surface area contributed by atoms with Gasteiger partial charge in [-0.2, -0.15) is 0 Å². The lowest BCUT2D eigenvalue weighted by atomic mass is 9.96. The van der Waals surface area contributed by atoms with Gasteiger partial charge in [-0.05, 0) is 72.9 Å². The molecule has 4 atom stereocenters. The summed E-state index contributed by atoms with van der Waals surface area (Å²) in [6.07, 6.45) is 6.42. The van der Waals surface area contributed by atoms with Crippen LogP contribution in [0.25, 0.3) is 38.6 Å². The van der Waals surface area contributed by atoms with Gasteiger partial charge in [0.2, 0.25) is 11.8 Å². The molecule has 0 bridgehead atoms. The van der Waals surface area contributed by atoms with Crippen LogP contribution < -0.4 is 10.6 Å². The Morgan fingerprint density at radius 1 is 0.768 bits per heavy atom. The molecule has 4 amide bonds. The Kier molecular flexibility index (Phi) is 11.1. The minimum Gasteiger partial charge on any atom is -0.453 e. The Labute approximate surface area is 326 Å². The highest BCUT2D eigenvalue weighted by Crippen LogP contribution is 2.35. The molecule has 56 heavy (non-hydrogen) atoms. The monoisotopic (exact) mass is 762 g/mol. The second-order valence-corrected chi connectivity index (χ2v) is 15.5. The van der Waals surface area contributed by atoms with Crippen LogP contribution in [0.4, 0.5) is 9.59 Å². The smallest absolute Gasteiger partial charge is 0.407 e. The maximum absolute atomic E-state index is 13.6. The van der Waals surface area contributed by atoms with Gasteiger partial charge >= 0.3 is 12.2 Å². The van der Waals surface area contributed by atoms with Gasteiger partial charge in [-0.1, -0.05) is 45.9 Å². The fourth-order valence-corrected chi connectivity index (χ4v) is 8.13. The van der Waals surface area contributed by atoms with E-state index >= 15 is 0 Å². The Bertz CT molecular complexity index is 2230. The van der Waals surface area contributed by atoms with E-state index in [1.807, 2.05) is 55.8 Å². The third-order valence-electron chi connectivity index (χ3n) is 11.2. The molecule has 0 radical (unpaired) electrons. The largest absolute Gasteiger partial charge is 0.453 e. The van der Waals surface area contributed by atoms with Crippen molar-refractivity contribution < 1.29 is 28.7 Å². The Morgan fingerprint density at radius 3 is 2.04 bits per heavy atom. The Balaban J connectivity index is 1.04. The highest BCUT2D eigenvalue weighted by Gasteiger charge is 2.39. The van der Waals surface area contributed by atoms with E-state index in [4.69, 9.17) is 24.4 Å². The SMILES string of the molecule is COC(=O)N[C@H](C(=O)N1CCCC1C1=NC=C(c2ccc3cc4cc(-c5cnc([C@@H]6CCCN6C(=O)[C@@H](NC(=O)OC)C(C)C)[nH]5)ccc4nc3c2)C1)C(C)C. The molecule has 7 rings (SSSR count). The number of ether oxygens (including phenoxy) is 2. The van der Waals surface area contributed by atoms with E-state index in [0.29, 0.717) is 25.3 Å². The van der Waals surface area contributed by atoms with Gasteiger partial charge in [0.05, 0.1) is 49.2 Å². The number of carbonyl (C=O) groups is 4. The van der Waals surface area contributed by atoms with Gasteiger partial charge in [-0.3, -0.25) is 14.6 Å². The average Bonchev–Trinajstić information content (AvgIpc) is 4.03. The number of aromatic amines is 1. The number of nitrogens with zero attached hydrogens (tertiary/aromatic N) is 5. The molecule has 2 aromatic carbocycles. The van der Waals surface area contributed by atoms with Crippen molar-refractivity contribution in [3.63, 3.8) is 0 Å². The molecule has 3 N–H and O–H groups in total. The molecule has 2 saturated heterocycles. The van der Waals surface area contributed by atoms with Gasteiger partial charge in [-0.15, -0.1) is 0 Å². The number of aliphatic imine (C=N–C) groups is 1. The Morgan fingerprint density at radius 2 is 1.39 bits per heavy atom. The predicted molar refractivity (Wildman–Crippen MR) is 214 cm³/mol. The summed E-state index contributed by atoms with van der Waals surface area (Å²) in [5.41, 5.74) is 6.60. The van der Waals surface area contributed by atoms with Crippen molar-refractivity contribution in [1.82, 2.24) is 35.4 Å². The first-order valence-corrected chi connectivity index (χ1v) is 19.4. The summed E-state index contributed by atoms with van der Waals surface area (Å²) in [6, 6.07) is 12.8. The number of imidazole rings is 1. The van der Waals surface area contributed by atoms with Gasteiger partial charge in [-0.25, -0.2) is 19.6 Å². The summed E-state index contributed by atoms with van der Waals surface area (Å²) >= 11 is 0. The summed E-state index contributed by atoms with van der Waals surface area (Å²) in [5, 5.41) is 7.41. The number of methoxy groups -OCH3 is 2. The van der Waals surface area contributed by atoms with E-state index in [-0.39, 0.29) is 35.7 Å². The molecule has 294 valence electrons. The normalized spacial score (nSPS) is 19.4. The van der Waals surface area contributed by atoms with Crippen molar-refractivity contribution in [3.8, 4) is 11.3 Å². The highest BCUT2D eigenvalue weighted by molar-refractivity contribution is 6.05. The van der Waals surface area contributed by atoms with E-state index in [2.05, 4.69) is 45.9 Å². The molecular weight excluding hydrogens is 713 g/mol. The van der Waals surface area contributed by atoms with E-state index in [9.17, 15) is 19.2 Å². The lowest BCUT2D eigenvalue weighted by Gasteiger charge is -2.31. The van der Waals surface area contributed by atoms with Crippen LogP contribution in [-0.4, -0.2) is 99.9 Å². The number of aromatic nitrogens is 3. The van der Waals surface area contributed by atoms with E-state index in [1.165, 1.54) is 14.2 Å². The average molecular weight is 763 g/mol. The molecule has 2 fully saturated rings. The molecule has 0 spiro atoms. The molecule has 0 saturated carbocycles. The number of carbonyl (C=O) groups excluding carboxylic acids is 4. The second-order valence-electron chi connectivity index (χ2n) is 15.5. The number of hydrogen-bond donors (Lipinski definition) is 3. The second kappa shape index (κ2) is 16.1. The summed E-state index contributed by atoms with van der Waals surface area (Å²) in [5.74, 6) is 0.253. The van der Waals surface area contributed by atoms with E-state index in [1.54, 1.807) is 6.20 Å². The number of allylic oxidation sites excluding steroid dienone is 1. The van der Waals surface area contributed by atoms with Gasteiger partial charge < -0.3 is 34.9 Å². The van der Waals surface area contributed by atoms with Gasteiger partial charge in [0.1, 0.15) is 17.9 Å². The quantitative estimate of drug-likeness (QED) is 0.156. The molecule has 3 aliphatic rings. The maximum Gasteiger partial charge on any atom is 0.407 e. The van der Waals surface area contributed by atoms with Crippen molar-refractivity contribution >= 4 is 57.1 Å². The molecule has 3 aliphatic heterocycles. The number of H-pyrrole nitrogens is 1. The van der Waals surface area contributed by atoms with Crippen molar-refractivity contribution in [2.24, 2.45) is 16.8 Å². The maximum atomic E-state index is 13.6.